The number of nitrogens with one attached hydrogen (secondary N) is 2. The fraction of sp³-hybridized carbons (Fsp3) is 0.423. The maximum atomic E-state index is 12.2. The van der Waals surface area contributed by atoms with Crippen LogP contribution >= 0.6 is 0 Å². The van der Waals surface area contributed by atoms with Gasteiger partial charge in [0.2, 0.25) is 5.91 Å². The molecule has 0 spiro atoms. The molecule has 0 aliphatic heterocycles. The van der Waals surface area contributed by atoms with E-state index in [0.29, 0.717) is 32.4 Å². The van der Waals surface area contributed by atoms with E-state index in [2.05, 4.69) is 34.9 Å². The maximum absolute atomic E-state index is 12.2. The molecule has 176 valence electrons. The summed E-state index contributed by atoms with van der Waals surface area (Å²) in [5, 5.41) is 14.3. The van der Waals surface area contributed by atoms with Crippen LogP contribution in [0, 0.1) is 0 Å². The molecule has 3 rings (SSSR count). The molecule has 0 aromatic heterocycles. The summed E-state index contributed by atoms with van der Waals surface area (Å²) in [6.07, 6.45) is 3.43. The summed E-state index contributed by atoms with van der Waals surface area (Å²) >= 11 is 0. The van der Waals surface area contributed by atoms with Gasteiger partial charge in [0.05, 0.1) is 0 Å². The third-order valence-electron chi connectivity index (χ3n) is 5.99. The number of carbonyl (C=O) groups excluding carboxylic acids is 2. The number of unbranched alkanes of at least 4 members (excludes halogenated alkanes) is 3. The number of alkyl carbamates (subject to hydrolysis) is 1. The summed E-state index contributed by atoms with van der Waals surface area (Å²) in [4.78, 5) is 34.9. The first-order chi connectivity index (χ1) is 16.0. The molecular formula is C26H32N2O5. The van der Waals surface area contributed by atoms with Crippen LogP contribution in [0.15, 0.2) is 48.5 Å². The molecule has 2 aromatic rings. The second kappa shape index (κ2) is 12.0. The molecule has 0 saturated heterocycles. The Morgan fingerprint density at radius 2 is 1.55 bits per heavy atom. The smallest absolute Gasteiger partial charge is 0.407 e. The lowest BCUT2D eigenvalue weighted by Crippen LogP contribution is -2.40. The quantitative estimate of drug-likeness (QED) is 0.413. The summed E-state index contributed by atoms with van der Waals surface area (Å²) in [6, 6.07) is 15.6. The van der Waals surface area contributed by atoms with Gasteiger partial charge in [0.1, 0.15) is 12.6 Å². The molecule has 3 N–H and O–H groups in total. The van der Waals surface area contributed by atoms with Crippen LogP contribution in [0.2, 0.25) is 0 Å². The van der Waals surface area contributed by atoms with E-state index in [0.717, 1.165) is 19.3 Å². The van der Waals surface area contributed by atoms with Gasteiger partial charge in [0.15, 0.2) is 0 Å². The zero-order valence-corrected chi connectivity index (χ0v) is 19.0. The van der Waals surface area contributed by atoms with Crippen molar-refractivity contribution in [1.82, 2.24) is 10.6 Å². The van der Waals surface area contributed by atoms with Gasteiger partial charge < -0.3 is 20.5 Å². The first-order valence-electron chi connectivity index (χ1n) is 11.6. The van der Waals surface area contributed by atoms with Crippen LogP contribution in [0.5, 0.6) is 0 Å². The minimum atomic E-state index is -1.01. The van der Waals surface area contributed by atoms with Crippen molar-refractivity contribution in [2.75, 3.05) is 13.2 Å². The third kappa shape index (κ3) is 6.57. The molecule has 0 radical (unpaired) electrons. The summed E-state index contributed by atoms with van der Waals surface area (Å²) in [5.41, 5.74) is 4.77. The van der Waals surface area contributed by atoms with Crippen LogP contribution in [0.4, 0.5) is 4.79 Å². The lowest BCUT2D eigenvalue weighted by Gasteiger charge is -2.14. The van der Waals surface area contributed by atoms with Crippen LogP contribution in [-0.4, -0.2) is 42.3 Å². The van der Waals surface area contributed by atoms with Gasteiger partial charge in [-0.3, -0.25) is 4.79 Å². The Bertz CT molecular complexity index is 929. The molecule has 0 saturated carbocycles. The SMILES string of the molecule is CCC(NC(=O)CCCCCCNC(=O)OCC1c2ccccc2-c2ccccc21)C(=O)O. The second-order valence-corrected chi connectivity index (χ2v) is 8.28. The molecule has 1 aliphatic carbocycles. The number of hydrogen-bond acceptors (Lipinski definition) is 4. The van der Waals surface area contributed by atoms with Gasteiger partial charge in [-0.25, -0.2) is 9.59 Å². The maximum Gasteiger partial charge on any atom is 0.407 e. The van der Waals surface area contributed by atoms with E-state index in [1.165, 1.54) is 22.3 Å². The highest BCUT2D eigenvalue weighted by atomic mass is 16.5. The summed E-state index contributed by atoms with van der Waals surface area (Å²) < 4.78 is 5.51. The van der Waals surface area contributed by atoms with Gasteiger partial charge in [0.25, 0.3) is 0 Å². The average molecular weight is 453 g/mol. The van der Waals surface area contributed by atoms with Gasteiger partial charge in [-0.1, -0.05) is 68.3 Å². The zero-order valence-electron chi connectivity index (χ0n) is 19.0. The van der Waals surface area contributed by atoms with Crippen molar-refractivity contribution < 1.29 is 24.2 Å². The van der Waals surface area contributed by atoms with Gasteiger partial charge in [-0.05, 0) is 41.5 Å². The number of rotatable bonds is 12. The van der Waals surface area contributed by atoms with E-state index in [9.17, 15) is 14.4 Å². The number of fused-ring (bicyclic) bond motifs is 3. The molecule has 0 heterocycles. The Hall–Kier alpha value is -3.35. The van der Waals surface area contributed by atoms with E-state index < -0.39 is 18.1 Å². The van der Waals surface area contributed by atoms with E-state index in [4.69, 9.17) is 9.84 Å². The predicted octanol–water partition coefficient (Wildman–Crippen LogP) is 4.46. The fourth-order valence-corrected chi connectivity index (χ4v) is 4.21. The Labute approximate surface area is 194 Å². The predicted molar refractivity (Wildman–Crippen MR) is 126 cm³/mol. The number of amides is 2. The third-order valence-corrected chi connectivity index (χ3v) is 5.99. The van der Waals surface area contributed by atoms with Crippen molar-refractivity contribution in [3.63, 3.8) is 0 Å². The topological polar surface area (TPSA) is 105 Å². The van der Waals surface area contributed by atoms with E-state index in [-0.39, 0.29) is 11.8 Å². The number of ether oxygens (including phenoxy) is 1. The van der Waals surface area contributed by atoms with Crippen LogP contribution in [0.3, 0.4) is 0 Å². The molecule has 1 atom stereocenters. The second-order valence-electron chi connectivity index (χ2n) is 8.28. The van der Waals surface area contributed by atoms with Crippen LogP contribution in [0.1, 0.15) is 62.5 Å². The molecule has 7 nitrogen and oxygen atoms in total. The average Bonchev–Trinajstić information content (AvgIpc) is 3.14. The van der Waals surface area contributed by atoms with Crippen molar-refractivity contribution in [3.8, 4) is 11.1 Å². The zero-order chi connectivity index (χ0) is 23.6. The van der Waals surface area contributed by atoms with E-state index in [1.807, 2.05) is 24.3 Å². The molecule has 33 heavy (non-hydrogen) atoms. The molecule has 0 fully saturated rings. The number of aliphatic carboxylic acids is 1. The molecular weight excluding hydrogens is 420 g/mol. The molecule has 2 aromatic carbocycles. The Kier molecular flexibility index (Phi) is 8.87. The first-order valence-corrected chi connectivity index (χ1v) is 11.6. The standard InChI is InChI=1S/C26H32N2O5/c1-2-23(25(30)31)28-24(29)15-5-3-4-10-16-27-26(32)33-17-22-20-13-8-6-11-18(20)19-12-7-9-14-21(19)22/h6-9,11-14,22-23H,2-5,10,15-17H2,1H3,(H,27,32)(H,28,29)(H,30,31). The number of benzene rings is 2. The van der Waals surface area contributed by atoms with Gasteiger partial charge in [0, 0.05) is 18.9 Å². The van der Waals surface area contributed by atoms with E-state index >= 15 is 0 Å². The normalized spacial score (nSPS) is 13.0. The largest absolute Gasteiger partial charge is 0.480 e. The lowest BCUT2D eigenvalue weighted by molar-refractivity contribution is -0.141. The molecule has 1 aliphatic rings. The highest BCUT2D eigenvalue weighted by molar-refractivity contribution is 5.83. The van der Waals surface area contributed by atoms with Crippen LogP contribution < -0.4 is 10.6 Å². The minimum Gasteiger partial charge on any atom is -0.480 e. The molecule has 0 bridgehead atoms. The van der Waals surface area contributed by atoms with Crippen molar-refractivity contribution >= 4 is 18.0 Å². The number of hydrogen-bond donors (Lipinski definition) is 3. The van der Waals surface area contributed by atoms with Crippen molar-refractivity contribution in [1.29, 1.82) is 0 Å². The van der Waals surface area contributed by atoms with Crippen molar-refractivity contribution in [2.24, 2.45) is 0 Å². The Balaban J connectivity index is 1.31. The number of carboxylic acid groups (broad SMARTS) is 1. The van der Waals surface area contributed by atoms with Gasteiger partial charge >= 0.3 is 12.1 Å². The summed E-state index contributed by atoms with van der Waals surface area (Å²) in [7, 11) is 0. The Morgan fingerprint density at radius 3 is 2.15 bits per heavy atom. The number of carbonyl (C=O) groups is 3. The van der Waals surface area contributed by atoms with Crippen molar-refractivity contribution in [2.45, 2.75) is 57.4 Å². The lowest BCUT2D eigenvalue weighted by atomic mass is 9.98. The minimum absolute atomic E-state index is 0.0442. The number of carboxylic acids is 1. The molecule has 1 unspecified atom stereocenters. The molecule has 2 amide bonds. The highest BCUT2D eigenvalue weighted by Crippen LogP contribution is 2.44. The first kappa shape index (κ1) is 24.3. The molecule has 7 heteroatoms. The van der Waals surface area contributed by atoms with Crippen LogP contribution in [-0.2, 0) is 14.3 Å². The fourth-order valence-electron chi connectivity index (χ4n) is 4.21. The summed E-state index contributed by atoms with van der Waals surface area (Å²) in [5.74, 6) is -1.20. The summed E-state index contributed by atoms with van der Waals surface area (Å²) in [6.45, 7) is 2.53. The van der Waals surface area contributed by atoms with Crippen molar-refractivity contribution in [3.05, 3.63) is 59.7 Å². The van der Waals surface area contributed by atoms with Gasteiger partial charge in [-0.2, -0.15) is 0 Å². The highest BCUT2D eigenvalue weighted by Gasteiger charge is 2.28. The monoisotopic (exact) mass is 452 g/mol. The Morgan fingerprint density at radius 1 is 0.939 bits per heavy atom. The van der Waals surface area contributed by atoms with E-state index in [1.54, 1.807) is 6.92 Å². The van der Waals surface area contributed by atoms with Gasteiger partial charge in [-0.15, -0.1) is 0 Å². The van der Waals surface area contributed by atoms with Crippen LogP contribution in [0.25, 0.3) is 11.1 Å².